The number of oxazole rings is 1. The highest BCUT2D eigenvalue weighted by atomic mass is 19.4. The Balaban J connectivity index is 2.10. The van der Waals surface area contributed by atoms with E-state index in [0.717, 1.165) is 12.1 Å². The standard InChI is InChI=1S/C12H9F4NO/c13-10-7-9(12(14,15)16)3-1-8(10)2-4-11-17-5-6-18-11/h1,3,5-7H,2,4H2. The molecule has 0 fully saturated rings. The summed E-state index contributed by atoms with van der Waals surface area (Å²) in [5.74, 6) is -0.439. The number of nitrogens with zero attached hydrogens (tertiary/aromatic N) is 1. The number of aromatic nitrogens is 1. The fraction of sp³-hybridized carbons (Fsp3) is 0.250. The molecule has 0 spiro atoms. The maximum atomic E-state index is 13.5. The second-order valence-corrected chi connectivity index (χ2v) is 3.73. The van der Waals surface area contributed by atoms with Gasteiger partial charge in [-0.2, -0.15) is 13.2 Å². The van der Waals surface area contributed by atoms with Gasteiger partial charge in [0, 0.05) is 6.42 Å². The Morgan fingerprint density at radius 1 is 1.17 bits per heavy atom. The van der Waals surface area contributed by atoms with E-state index in [1.165, 1.54) is 12.5 Å². The number of hydrogen-bond acceptors (Lipinski definition) is 2. The van der Waals surface area contributed by atoms with Gasteiger partial charge in [-0.05, 0) is 24.1 Å². The molecule has 0 aliphatic heterocycles. The van der Waals surface area contributed by atoms with Crippen LogP contribution in [0.5, 0.6) is 0 Å². The molecule has 0 amide bonds. The first-order chi connectivity index (χ1) is 8.47. The monoisotopic (exact) mass is 259 g/mol. The van der Waals surface area contributed by atoms with Crippen molar-refractivity contribution in [2.24, 2.45) is 0 Å². The molecule has 0 N–H and O–H groups in total. The van der Waals surface area contributed by atoms with E-state index in [9.17, 15) is 17.6 Å². The Bertz CT molecular complexity index is 519. The summed E-state index contributed by atoms with van der Waals surface area (Å²) in [7, 11) is 0. The second-order valence-electron chi connectivity index (χ2n) is 3.73. The predicted octanol–water partition coefficient (Wildman–Crippen LogP) is 3.62. The summed E-state index contributed by atoms with van der Waals surface area (Å²) >= 11 is 0. The normalized spacial score (nSPS) is 11.8. The topological polar surface area (TPSA) is 26.0 Å². The lowest BCUT2D eigenvalue weighted by Gasteiger charge is -2.08. The summed E-state index contributed by atoms with van der Waals surface area (Å²) in [6.45, 7) is 0. The lowest BCUT2D eigenvalue weighted by molar-refractivity contribution is -0.137. The van der Waals surface area contributed by atoms with Crippen LogP contribution in [0.3, 0.4) is 0 Å². The Labute approximate surface area is 100 Å². The Kier molecular flexibility index (Phi) is 3.36. The quantitative estimate of drug-likeness (QED) is 0.787. The first-order valence-corrected chi connectivity index (χ1v) is 5.21. The molecule has 2 aromatic rings. The lowest BCUT2D eigenvalue weighted by Crippen LogP contribution is -2.06. The highest BCUT2D eigenvalue weighted by Gasteiger charge is 2.31. The predicted molar refractivity (Wildman–Crippen MR) is 55.3 cm³/mol. The van der Waals surface area contributed by atoms with Gasteiger partial charge < -0.3 is 4.42 Å². The summed E-state index contributed by atoms with van der Waals surface area (Å²) in [6.07, 6.45) is -1.10. The third-order valence-electron chi connectivity index (χ3n) is 2.47. The number of halogens is 4. The SMILES string of the molecule is Fc1cc(C(F)(F)F)ccc1CCc1ncco1. The van der Waals surface area contributed by atoms with Gasteiger partial charge in [0.15, 0.2) is 5.89 Å². The fourth-order valence-electron chi connectivity index (χ4n) is 1.54. The zero-order valence-electron chi connectivity index (χ0n) is 9.17. The van der Waals surface area contributed by atoms with Gasteiger partial charge >= 0.3 is 6.18 Å². The van der Waals surface area contributed by atoms with Gasteiger partial charge in [0.1, 0.15) is 12.1 Å². The third-order valence-corrected chi connectivity index (χ3v) is 2.47. The summed E-state index contributed by atoms with van der Waals surface area (Å²) in [5.41, 5.74) is -0.777. The van der Waals surface area contributed by atoms with Crippen molar-refractivity contribution in [1.82, 2.24) is 4.98 Å². The Morgan fingerprint density at radius 2 is 1.94 bits per heavy atom. The van der Waals surface area contributed by atoms with Crippen molar-refractivity contribution in [3.05, 3.63) is 53.5 Å². The minimum absolute atomic E-state index is 0.209. The zero-order chi connectivity index (χ0) is 13.2. The van der Waals surface area contributed by atoms with E-state index in [1.807, 2.05) is 0 Å². The number of benzene rings is 1. The summed E-state index contributed by atoms with van der Waals surface area (Å²) < 4.78 is 55.4. The molecule has 1 aromatic carbocycles. The minimum Gasteiger partial charge on any atom is -0.449 e. The van der Waals surface area contributed by atoms with E-state index in [4.69, 9.17) is 4.42 Å². The van der Waals surface area contributed by atoms with E-state index < -0.39 is 17.6 Å². The van der Waals surface area contributed by atoms with Crippen LogP contribution in [0.15, 0.2) is 35.1 Å². The molecule has 96 valence electrons. The van der Waals surface area contributed by atoms with Crippen LogP contribution in [0.4, 0.5) is 17.6 Å². The molecule has 1 heterocycles. The molecule has 2 nitrogen and oxygen atoms in total. The molecule has 0 atom stereocenters. The van der Waals surface area contributed by atoms with E-state index in [1.54, 1.807) is 0 Å². The summed E-state index contributed by atoms with van der Waals surface area (Å²) in [4.78, 5) is 3.85. The van der Waals surface area contributed by atoms with Gasteiger partial charge in [0.05, 0.1) is 11.8 Å². The van der Waals surface area contributed by atoms with E-state index >= 15 is 0 Å². The number of alkyl halides is 3. The highest BCUT2D eigenvalue weighted by Crippen LogP contribution is 2.30. The molecule has 0 radical (unpaired) electrons. The van der Waals surface area contributed by atoms with Gasteiger partial charge in [-0.15, -0.1) is 0 Å². The van der Waals surface area contributed by atoms with Crippen LogP contribution in [0, 0.1) is 5.82 Å². The van der Waals surface area contributed by atoms with Crippen LogP contribution in [-0.4, -0.2) is 4.98 Å². The average molecular weight is 259 g/mol. The number of rotatable bonds is 3. The molecule has 0 bridgehead atoms. The van der Waals surface area contributed by atoms with Gasteiger partial charge in [-0.3, -0.25) is 0 Å². The molecule has 1 aromatic heterocycles. The first kappa shape index (κ1) is 12.6. The summed E-state index contributed by atoms with van der Waals surface area (Å²) in [5, 5.41) is 0. The van der Waals surface area contributed by atoms with Crippen LogP contribution >= 0.6 is 0 Å². The second kappa shape index (κ2) is 4.80. The fourth-order valence-corrected chi connectivity index (χ4v) is 1.54. The molecular weight excluding hydrogens is 250 g/mol. The van der Waals surface area contributed by atoms with Crippen LogP contribution < -0.4 is 0 Å². The van der Waals surface area contributed by atoms with Crippen LogP contribution in [0.2, 0.25) is 0 Å². The first-order valence-electron chi connectivity index (χ1n) is 5.21. The van der Waals surface area contributed by atoms with Crippen molar-refractivity contribution in [3.8, 4) is 0 Å². The van der Waals surface area contributed by atoms with Gasteiger partial charge in [-0.25, -0.2) is 9.37 Å². The minimum atomic E-state index is -4.53. The average Bonchev–Trinajstić information content (AvgIpc) is 2.79. The Morgan fingerprint density at radius 3 is 2.50 bits per heavy atom. The molecule has 0 saturated heterocycles. The van der Waals surface area contributed by atoms with E-state index in [0.29, 0.717) is 18.4 Å². The summed E-state index contributed by atoms with van der Waals surface area (Å²) in [6, 6.07) is 2.51. The van der Waals surface area contributed by atoms with Crippen LogP contribution in [-0.2, 0) is 19.0 Å². The van der Waals surface area contributed by atoms with Gasteiger partial charge in [-0.1, -0.05) is 6.07 Å². The molecule has 2 rings (SSSR count). The lowest BCUT2D eigenvalue weighted by atomic mass is 10.1. The van der Waals surface area contributed by atoms with Gasteiger partial charge in [0.25, 0.3) is 0 Å². The van der Waals surface area contributed by atoms with Crippen molar-refractivity contribution >= 4 is 0 Å². The molecule has 18 heavy (non-hydrogen) atoms. The maximum absolute atomic E-state index is 13.5. The molecular formula is C12H9F4NO. The smallest absolute Gasteiger partial charge is 0.416 e. The van der Waals surface area contributed by atoms with E-state index in [-0.39, 0.29) is 12.0 Å². The molecule has 0 aliphatic carbocycles. The van der Waals surface area contributed by atoms with Gasteiger partial charge in [0.2, 0.25) is 0 Å². The number of aryl methyl sites for hydroxylation is 2. The number of hydrogen-bond donors (Lipinski definition) is 0. The molecule has 0 unspecified atom stereocenters. The van der Waals surface area contributed by atoms with E-state index in [2.05, 4.69) is 4.98 Å². The maximum Gasteiger partial charge on any atom is 0.416 e. The van der Waals surface area contributed by atoms with Crippen LogP contribution in [0.25, 0.3) is 0 Å². The van der Waals surface area contributed by atoms with Crippen molar-refractivity contribution in [2.45, 2.75) is 19.0 Å². The van der Waals surface area contributed by atoms with Crippen molar-refractivity contribution < 1.29 is 22.0 Å². The largest absolute Gasteiger partial charge is 0.449 e. The molecule has 6 heteroatoms. The Hall–Kier alpha value is -1.85. The van der Waals surface area contributed by atoms with Crippen molar-refractivity contribution in [2.75, 3.05) is 0 Å². The third kappa shape index (κ3) is 2.88. The van der Waals surface area contributed by atoms with Crippen LogP contribution in [0.1, 0.15) is 17.0 Å². The highest BCUT2D eigenvalue weighted by molar-refractivity contribution is 5.26. The zero-order valence-corrected chi connectivity index (χ0v) is 9.17. The van der Waals surface area contributed by atoms with Crippen molar-refractivity contribution in [3.63, 3.8) is 0 Å². The molecule has 0 aliphatic rings. The molecule has 0 saturated carbocycles. The van der Waals surface area contributed by atoms with Crippen molar-refractivity contribution in [1.29, 1.82) is 0 Å².